The SMILES string of the molecule is C[C@H](c1ccc(S(N)(=O)=O)cc1)N(C)C(=O)CCN1CCSC1=O. The monoisotopic (exact) mass is 371 g/mol. The predicted octanol–water partition coefficient (Wildman–Crippen LogP) is 1.41. The zero-order valence-corrected chi connectivity index (χ0v) is 15.3. The van der Waals surface area contributed by atoms with Crippen LogP contribution in [0.2, 0.25) is 0 Å². The lowest BCUT2D eigenvalue weighted by molar-refractivity contribution is -0.132. The van der Waals surface area contributed by atoms with E-state index >= 15 is 0 Å². The second-order valence-corrected chi connectivity index (χ2v) is 8.25. The van der Waals surface area contributed by atoms with Crippen molar-refractivity contribution in [2.24, 2.45) is 5.14 Å². The van der Waals surface area contributed by atoms with Gasteiger partial charge >= 0.3 is 0 Å². The van der Waals surface area contributed by atoms with E-state index in [-0.39, 0.29) is 28.5 Å². The van der Waals surface area contributed by atoms with Crippen molar-refractivity contribution in [1.82, 2.24) is 9.80 Å². The minimum Gasteiger partial charge on any atom is -0.339 e. The molecule has 0 radical (unpaired) electrons. The van der Waals surface area contributed by atoms with Gasteiger partial charge < -0.3 is 9.80 Å². The first-order valence-electron chi connectivity index (χ1n) is 7.50. The Balaban J connectivity index is 1.96. The van der Waals surface area contributed by atoms with Crippen molar-refractivity contribution < 1.29 is 18.0 Å². The van der Waals surface area contributed by atoms with Crippen LogP contribution in [0.4, 0.5) is 4.79 Å². The maximum Gasteiger partial charge on any atom is 0.281 e. The highest BCUT2D eigenvalue weighted by atomic mass is 32.2. The van der Waals surface area contributed by atoms with Gasteiger partial charge in [-0.05, 0) is 24.6 Å². The Kier molecular flexibility index (Phi) is 5.89. The third kappa shape index (κ3) is 4.49. The summed E-state index contributed by atoms with van der Waals surface area (Å²) < 4.78 is 22.5. The van der Waals surface area contributed by atoms with Crippen LogP contribution in [0.25, 0.3) is 0 Å². The number of nitrogens with two attached hydrogens (primary N) is 1. The molecule has 1 heterocycles. The molecule has 1 aliphatic rings. The number of benzene rings is 1. The molecule has 1 atom stereocenters. The summed E-state index contributed by atoms with van der Waals surface area (Å²) in [5.74, 6) is 0.707. The highest BCUT2D eigenvalue weighted by Crippen LogP contribution is 2.22. The first kappa shape index (κ1) is 18.8. The molecular formula is C15H21N3O4S2. The average Bonchev–Trinajstić information content (AvgIpc) is 2.95. The van der Waals surface area contributed by atoms with E-state index in [2.05, 4.69) is 0 Å². The predicted molar refractivity (Wildman–Crippen MR) is 93.0 cm³/mol. The molecule has 9 heteroatoms. The fourth-order valence-electron chi connectivity index (χ4n) is 2.41. The lowest BCUT2D eigenvalue weighted by atomic mass is 10.1. The summed E-state index contributed by atoms with van der Waals surface area (Å²) in [4.78, 5) is 27.2. The molecule has 0 spiro atoms. The number of carbonyl (C=O) groups excluding carboxylic acids is 2. The second-order valence-electron chi connectivity index (χ2n) is 5.65. The first-order valence-corrected chi connectivity index (χ1v) is 10.0. The molecule has 24 heavy (non-hydrogen) atoms. The first-order chi connectivity index (χ1) is 11.2. The van der Waals surface area contributed by atoms with Crippen molar-refractivity contribution in [2.45, 2.75) is 24.3 Å². The Morgan fingerprint density at radius 1 is 1.38 bits per heavy atom. The second kappa shape index (κ2) is 7.54. The zero-order chi connectivity index (χ0) is 17.9. The van der Waals surface area contributed by atoms with Crippen LogP contribution in [-0.2, 0) is 14.8 Å². The molecule has 7 nitrogen and oxygen atoms in total. The van der Waals surface area contributed by atoms with Crippen LogP contribution in [0.5, 0.6) is 0 Å². The molecule has 1 fully saturated rings. The number of carbonyl (C=O) groups is 2. The van der Waals surface area contributed by atoms with E-state index in [1.54, 1.807) is 29.0 Å². The molecule has 0 aromatic heterocycles. The number of hydrogen-bond donors (Lipinski definition) is 1. The van der Waals surface area contributed by atoms with Gasteiger partial charge in [0, 0.05) is 32.3 Å². The van der Waals surface area contributed by atoms with Crippen molar-refractivity contribution in [2.75, 3.05) is 25.9 Å². The molecule has 2 N–H and O–H groups in total. The average molecular weight is 371 g/mol. The standard InChI is InChI=1S/C15H21N3O4S2/c1-11(12-3-5-13(6-4-12)24(16,21)22)17(2)14(19)7-8-18-9-10-23-15(18)20/h3-6,11H,7-10H2,1-2H3,(H2,16,21,22)/t11-/m1/s1. The molecule has 2 rings (SSSR count). The van der Waals surface area contributed by atoms with Gasteiger partial charge in [0.05, 0.1) is 10.9 Å². The van der Waals surface area contributed by atoms with Crippen molar-refractivity contribution in [3.05, 3.63) is 29.8 Å². The lowest BCUT2D eigenvalue weighted by Crippen LogP contribution is -2.33. The number of amides is 2. The summed E-state index contributed by atoms with van der Waals surface area (Å²) >= 11 is 1.27. The molecule has 2 amide bonds. The molecule has 0 saturated carbocycles. The minimum absolute atomic E-state index is 0.0251. The maximum atomic E-state index is 12.3. The van der Waals surface area contributed by atoms with Gasteiger partial charge in [-0.2, -0.15) is 0 Å². The van der Waals surface area contributed by atoms with Gasteiger partial charge in [0.15, 0.2) is 0 Å². The Bertz CT molecular complexity index is 719. The number of nitrogens with zero attached hydrogens (tertiary/aromatic N) is 2. The van der Waals surface area contributed by atoms with E-state index in [1.165, 1.54) is 23.9 Å². The normalized spacial score (nSPS) is 16.3. The van der Waals surface area contributed by atoms with E-state index < -0.39 is 10.0 Å². The number of primary sulfonamides is 1. The molecule has 0 aliphatic carbocycles. The van der Waals surface area contributed by atoms with Crippen LogP contribution in [0, 0.1) is 0 Å². The van der Waals surface area contributed by atoms with Crippen LogP contribution in [0.3, 0.4) is 0 Å². The summed E-state index contributed by atoms with van der Waals surface area (Å²) in [5, 5.41) is 5.10. The topological polar surface area (TPSA) is 101 Å². The summed E-state index contributed by atoms with van der Waals surface area (Å²) in [7, 11) is -2.03. The van der Waals surface area contributed by atoms with Crippen LogP contribution >= 0.6 is 11.8 Å². The minimum atomic E-state index is -3.73. The van der Waals surface area contributed by atoms with Crippen LogP contribution in [-0.4, -0.2) is 55.3 Å². The number of hydrogen-bond acceptors (Lipinski definition) is 5. The van der Waals surface area contributed by atoms with E-state index in [9.17, 15) is 18.0 Å². The van der Waals surface area contributed by atoms with Gasteiger partial charge in [-0.3, -0.25) is 9.59 Å². The Morgan fingerprint density at radius 2 is 2.00 bits per heavy atom. The lowest BCUT2D eigenvalue weighted by Gasteiger charge is -2.26. The van der Waals surface area contributed by atoms with E-state index in [4.69, 9.17) is 5.14 Å². The van der Waals surface area contributed by atoms with Crippen molar-refractivity contribution >= 4 is 32.9 Å². The number of thioether (sulfide) groups is 1. The highest BCUT2D eigenvalue weighted by Gasteiger charge is 2.23. The van der Waals surface area contributed by atoms with Crippen LogP contribution < -0.4 is 5.14 Å². The summed E-state index contributed by atoms with van der Waals surface area (Å²) in [6.07, 6.45) is 0.266. The molecule has 1 aliphatic heterocycles. The largest absolute Gasteiger partial charge is 0.339 e. The fraction of sp³-hybridized carbons (Fsp3) is 0.467. The molecule has 1 saturated heterocycles. The van der Waals surface area contributed by atoms with Gasteiger partial charge in [-0.15, -0.1) is 0 Å². The van der Waals surface area contributed by atoms with Crippen LogP contribution in [0.1, 0.15) is 24.9 Å². The number of rotatable bonds is 6. The van der Waals surface area contributed by atoms with Crippen LogP contribution in [0.15, 0.2) is 29.2 Å². The van der Waals surface area contributed by atoms with Gasteiger partial charge in [-0.1, -0.05) is 23.9 Å². The van der Waals surface area contributed by atoms with E-state index in [1.807, 2.05) is 6.92 Å². The smallest absolute Gasteiger partial charge is 0.281 e. The van der Waals surface area contributed by atoms with Gasteiger partial charge in [0.2, 0.25) is 15.9 Å². The van der Waals surface area contributed by atoms with Gasteiger partial charge in [0.1, 0.15) is 0 Å². The Morgan fingerprint density at radius 3 is 2.50 bits per heavy atom. The number of sulfonamides is 1. The summed E-state index contributed by atoms with van der Waals surface area (Å²) in [6, 6.07) is 5.94. The Hall–Kier alpha value is -1.58. The molecular weight excluding hydrogens is 350 g/mol. The molecule has 0 unspecified atom stereocenters. The molecule has 1 aromatic rings. The van der Waals surface area contributed by atoms with Gasteiger partial charge in [0.25, 0.3) is 5.24 Å². The quantitative estimate of drug-likeness (QED) is 0.815. The zero-order valence-electron chi connectivity index (χ0n) is 13.6. The van der Waals surface area contributed by atoms with Crippen molar-refractivity contribution in [1.29, 1.82) is 0 Å². The summed E-state index contributed by atoms with van der Waals surface area (Å²) in [5.41, 5.74) is 0.811. The van der Waals surface area contributed by atoms with E-state index in [0.29, 0.717) is 13.1 Å². The molecule has 0 bridgehead atoms. The van der Waals surface area contributed by atoms with Gasteiger partial charge in [-0.25, -0.2) is 13.6 Å². The summed E-state index contributed by atoms with van der Waals surface area (Å²) in [6.45, 7) is 2.97. The maximum absolute atomic E-state index is 12.3. The molecule has 132 valence electrons. The van der Waals surface area contributed by atoms with Crippen molar-refractivity contribution in [3.63, 3.8) is 0 Å². The van der Waals surface area contributed by atoms with E-state index in [0.717, 1.165) is 11.3 Å². The fourth-order valence-corrected chi connectivity index (χ4v) is 3.78. The van der Waals surface area contributed by atoms with Crippen molar-refractivity contribution in [3.8, 4) is 0 Å². The Labute approximate surface area is 146 Å². The highest BCUT2D eigenvalue weighted by molar-refractivity contribution is 8.13. The third-order valence-corrected chi connectivity index (χ3v) is 5.93. The molecule has 1 aromatic carbocycles. The third-order valence-electron chi connectivity index (χ3n) is 4.11.